The molecule has 1 unspecified atom stereocenters. The lowest BCUT2D eigenvalue weighted by Crippen LogP contribution is -2.44. The number of hydrogen-bond donors (Lipinski definition) is 2. The Bertz CT molecular complexity index is 502. The van der Waals surface area contributed by atoms with E-state index in [1.165, 1.54) is 11.1 Å². The zero-order valence-corrected chi connectivity index (χ0v) is 11.6. The maximum Gasteiger partial charge on any atom is 0.317 e. The first-order chi connectivity index (χ1) is 9.56. The van der Waals surface area contributed by atoms with Gasteiger partial charge >= 0.3 is 12.0 Å². The molecule has 5 heteroatoms. The molecule has 0 radical (unpaired) electrons. The molecule has 0 saturated heterocycles. The van der Waals surface area contributed by atoms with Crippen molar-refractivity contribution in [2.45, 2.75) is 38.8 Å². The van der Waals surface area contributed by atoms with Gasteiger partial charge in [0, 0.05) is 19.1 Å². The number of carboxylic acid groups (broad SMARTS) is 1. The maximum absolute atomic E-state index is 12.2. The molecular weight excluding hydrogens is 256 g/mol. The topological polar surface area (TPSA) is 69.6 Å². The molecule has 1 aromatic rings. The Hall–Kier alpha value is -2.04. The van der Waals surface area contributed by atoms with Crippen molar-refractivity contribution in [3.05, 3.63) is 35.4 Å². The molecule has 1 atom stereocenters. The van der Waals surface area contributed by atoms with E-state index >= 15 is 0 Å². The molecule has 5 nitrogen and oxygen atoms in total. The summed E-state index contributed by atoms with van der Waals surface area (Å²) in [6, 6.07) is 7.59. The summed E-state index contributed by atoms with van der Waals surface area (Å²) < 4.78 is 0. The minimum absolute atomic E-state index is 0.0594. The van der Waals surface area contributed by atoms with Crippen LogP contribution < -0.4 is 5.32 Å². The molecule has 1 aliphatic heterocycles. The van der Waals surface area contributed by atoms with Gasteiger partial charge < -0.3 is 15.3 Å². The lowest BCUT2D eigenvalue weighted by atomic mass is 10.0. The van der Waals surface area contributed by atoms with Crippen molar-refractivity contribution in [2.75, 3.05) is 6.54 Å². The van der Waals surface area contributed by atoms with E-state index in [1.54, 1.807) is 11.8 Å². The molecule has 1 heterocycles. The molecule has 0 aromatic heterocycles. The van der Waals surface area contributed by atoms with Crippen molar-refractivity contribution < 1.29 is 14.7 Å². The predicted molar refractivity (Wildman–Crippen MR) is 75.4 cm³/mol. The molecule has 20 heavy (non-hydrogen) atoms. The first kappa shape index (κ1) is 14.4. The Morgan fingerprint density at radius 1 is 1.35 bits per heavy atom. The molecule has 2 amide bonds. The highest BCUT2D eigenvalue weighted by Gasteiger charge is 2.20. The fraction of sp³-hybridized carbons (Fsp3) is 0.467. The number of rotatable bonds is 3. The fourth-order valence-corrected chi connectivity index (χ4v) is 2.49. The third-order valence-corrected chi connectivity index (χ3v) is 3.49. The number of fused-ring (bicyclic) bond motifs is 1. The van der Waals surface area contributed by atoms with Crippen LogP contribution in [0.1, 0.15) is 30.9 Å². The summed E-state index contributed by atoms with van der Waals surface area (Å²) in [5.74, 6) is -0.904. The van der Waals surface area contributed by atoms with Gasteiger partial charge in [-0.05, 0) is 30.9 Å². The average molecular weight is 276 g/mol. The normalized spacial score (nSPS) is 15.9. The van der Waals surface area contributed by atoms with E-state index in [1.807, 2.05) is 18.2 Å². The Balaban J connectivity index is 1.99. The molecule has 0 saturated carbocycles. The fourth-order valence-electron chi connectivity index (χ4n) is 2.49. The van der Waals surface area contributed by atoms with Gasteiger partial charge in [0.05, 0.1) is 6.42 Å². The number of hydrogen-bond acceptors (Lipinski definition) is 2. The number of urea groups is 1. The monoisotopic (exact) mass is 276 g/mol. The van der Waals surface area contributed by atoms with Crippen molar-refractivity contribution in [3.63, 3.8) is 0 Å². The van der Waals surface area contributed by atoms with Crippen molar-refractivity contribution in [1.82, 2.24) is 10.2 Å². The SMILES string of the molecule is CC(CC(=O)O)NC(=O)N1CCCc2ccccc2C1. The van der Waals surface area contributed by atoms with Gasteiger partial charge in [0.1, 0.15) is 0 Å². The highest BCUT2D eigenvalue weighted by atomic mass is 16.4. The summed E-state index contributed by atoms with van der Waals surface area (Å²) in [6.45, 7) is 2.99. The van der Waals surface area contributed by atoms with Crippen LogP contribution in [0.4, 0.5) is 4.79 Å². The summed E-state index contributed by atoms with van der Waals surface area (Å²) in [5.41, 5.74) is 2.47. The standard InChI is InChI=1S/C15H20N2O3/c1-11(9-14(18)19)16-15(20)17-8-4-7-12-5-2-3-6-13(12)10-17/h2-3,5-6,11H,4,7-10H2,1H3,(H,16,20)(H,18,19). The molecule has 2 rings (SSSR count). The van der Waals surface area contributed by atoms with E-state index in [-0.39, 0.29) is 18.5 Å². The van der Waals surface area contributed by atoms with Gasteiger partial charge in [-0.3, -0.25) is 4.79 Å². The summed E-state index contributed by atoms with van der Waals surface area (Å²) in [5, 5.41) is 11.5. The summed E-state index contributed by atoms with van der Waals surface area (Å²) >= 11 is 0. The number of carboxylic acids is 1. The van der Waals surface area contributed by atoms with E-state index in [9.17, 15) is 9.59 Å². The van der Waals surface area contributed by atoms with Gasteiger partial charge in [0.2, 0.25) is 0 Å². The van der Waals surface area contributed by atoms with Crippen molar-refractivity contribution in [3.8, 4) is 0 Å². The maximum atomic E-state index is 12.2. The number of aryl methyl sites for hydroxylation is 1. The molecule has 1 aliphatic rings. The number of carbonyl (C=O) groups is 2. The zero-order chi connectivity index (χ0) is 14.5. The molecule has 0 spiro atoms. The van der Waals surface area contributed by atoms with E-state index in [0.717, 1.165) is 12.8 Å². The summed E-state index contributed by atoms with van der Waals surface area (Å²) in [4.78, 5) is 24.5. The van der Waals surface area contributed by atoms with E-state index in [0.29, 0.717) is 13.1 Å². The third-order valence-electron chi connectivity index (χ3n) is 3.49. The van der Waals surface area contributed by atoms with Gasteiger partial charge in [0.15, 0.2) is 0 Å². The van der Waals surface area contributed by atoms with Gasteiger partial charge in [-0.2, -0.15) is 0 Å². The second kappa shape index (κ2) is 6.41. The van der Waals surface area contributed by atoms with Crippen molar-refractivity contribution in [2.24, 2.45) is 0 Å². The number of nitrogens with zero attached hydrogens (tertiary/aromatic N) is 1. The van der Waals surface area contributed by atoms with Crippen molar-refractivity contribution in [1.29, 1.82) is 0 Å². The first-order valence-corrected chi connectivity index (χ1v) is 6.90. The van der Waals surface area contributed by atoms with E-state index < -0.39 is 5.97 Å². The third kappa shape index (κ3) is 3.73. The van der Waals surface area contributed by atoms with Crippen LogP contribution >= 0.6 is 0 Å². The first-order valence-electron chi connectivity index (χ1n) is 6.90. The van der Waals surface area contributed by atoms with Crippen LogP contribution in [0.5, 0.6) is 0 Å². The number of amides is 2. The van der Waals surface area contributed by atoms with Crippen LogP contribution in [0.25, 0.3) is 0 Å². The van der Waals surface area contributed by atoms with Crippen LogP contribution in [0, 0.1) is 0 Å². The van der Waals surface area contributed by atoms with Gasteiger partial charge in [-0.25, -0.2) is 4.79 Å². The van der Waals surface area contributed by atoms with Crippen LogP contribution in [-0.4, -0.2) is 34.6 Å². The van der Waals surface area contributed by atoms with Gasteiger partial charge in [-0.1, -0.05) is 24.3 Å². The Kier molecular flexibility index (Phi) is 4.61. The lowest BCUT2D eigenvalue weighted by Gasteiger charge is -2.23. The molecule has 1 aromatic carbocycles. The van der Waals surface area contributed by atoms with Crippen LogP contribution in [0.3, 0.4) is 0 Å². The molecule has 108 valence electrons. The molecule has 0 fully saturated rings. The lowest BCUT2D eigenvalue weighted by molar-refractivity contribution is -0.137. The Morgan fingerprint density at radius 2 is 2.05 bits per heavy atom. The van der Waals surface area contributed by atoms with Crippen LogP contribution in [0.15, 0.2) is 24.3 Å². The quantitative estimate of drug-likeness (QED) is 0.887. The smallest absolute Gasteiger partial charge is 0.317 e. The molecule has 0 aliphatic carbocycles. The summed E-state index contributed by atoms with van der Waals surface area (Å²) in [7, 11) is 0. The van der Waals surface area contributed by atoms with Gasteiger partial charge in [0.25, 0.3) is 0 Å². The zero-order valence-electron chi connectivity index (χ0n) is 11.6. The Labute approximate surface area is 118 Å². The molecular formula is C15H20N2O3. The van der Waals surface area contributed by atoms with Crippen molar-refractivity contribution >= 4 is 12.0 Å². The number of nitrogens with one attached hydrogen (secondary N) is 1. The summed E-state index contributed by atoms with van der Waals surface area (Å²) in [6.07, 6.45) is 1.85. The second-order valence-corrected chi connectivity index (χ2v) is 5.24. The number of benzene rings is 1. The van der Waals surface area contributed by atoms with E-state index in [2.05, 4.69) is 11.4 Å². The minimum Gasteiger partial charge on any atom is -0.481 e. The number of carbonyl (C=O) groups excluding carboxylic acids is 1. The average Bonchev–Trinajstić information content (AvgIpc) is 2.59. The minimum atomic E-state index is -0.904. The highest BCUT2D eigenvalue weighted by Crippen LogP contribution is 2.18. The van der Waals surface area contributed by atoms with Gasteiger partial charge in [-0.15, -0.1) is 0 Å². The molecule has 0 bridgehead atoms. The van der Waals surface area contributed by atoms with E-state index in [4.69, 9.17) is 5.11 Å². The largest absolute Gasteiger partial charge is 0.481 e. The molecule has 2 N–H and O–H groups in total. The number of aliphatic carboxylic acids is 1. The predicted octanol–water partition coefficient (Wildman–Crippen LogP) is 2.01. The Morgan fingerprint density at radius 3 is 2.75 bits per heavy atom. The second-order valence-electron chi connectivity index (χ2n) is 5.24. The van der Waals surface area contributed by atoms with Crippen LogP contribution in [0.2, 0.25) is 0 Å². The van der Waals surface area contributed by atoms with Crippen LogP contribution in [-0.2, 0) is 17.8 Å². The highest BCUT2D eigenvalue weighted by molar-refractivity contribution is 5.76.